The van der Waals surface area contributed by atoms with Crippen LogP contribution in [0, 0.1) is 0 Å². The Hall–Kier alpha value is 0.137. The molecule has 0 spiro atoms. The van der Waals surface area contributed by atoms with E-state index in [1.54, 1.807) is 0 Å². The van der Waals surface area contributed by atoms with Crippen LogP contribution in [0.2, 0.25) is 18.1 Å². The minimum Gasteiger partial charge on any atom is -0.395 e. The van der Waals surface area contributed by atoms with Crippen molar-refractivity contribution in [1.29, 1.82) is 0 Å². The third-order valence-electron chi connectivity index (χ3n) is 3.35. The van der Waals surface area contributed by atoms with Crippen molar-refractivity contribution in [1.82, 2.24) is 5.32 Å². The summed E-state index contributed by atoms with van der Waals surface area (Å²) in [6.07, 6.45) is 0. The SMILES string of the molecule is CCNCC(O)[Si](C)(C)C(C)(C)C. The van der Waals surface area contributed by atoms with E-state index in [2.05, 4.69) is 46.1 Å². The molecule has 0 saturated heterocycles. The van der Waals surface area contributed by atoms with Crippen LogP contribution in [0.4, 0.5) is 0 Å². The van der Waals surface area contributed by atoms with Crippen molar-refractivity contribution in [3.8, 4) is 0 Å². The summed E-state index contributed by atoms with van der Waals surface area (Å²) in [6.45, 7) is 15.0. The Morgan fingerprint density at radius 2 is 1.77 bits per heavy atom. The molecule has 0 heterocycles. The molecule has 0 aromatic rings. The number of likely N-dealkylation sites (N-methyl/N-ethyl adjacent to an activating group) is 1. The molecule has 0 aliphatic heterocycles. The molecule has 1 unspecified atom stereocenters. The molecule has 0 amide bonds. The lowest BCUT2D eigenvalue weighted by Gasteiger charge is -2.40. The maximum Gasteiger partial charge on any atom is 0.0881 e. The monoisotopic (exact) mass is 203 g/mol. The normalized spacial score (nSPS) is 15.9. The predicted molar refractivity (Wildman–Crippen MR) is 61.7 cm³/mol. The molecule has 0 aliphatic carbocycles. The van der Waals surface area contributed by atoms with E-state index >= 15 is 0 Å². The van der Waals surface area contributed by atoms with Crippen LogP contribution in [0.15, 0.2) is 0 Å². The molecule has 1 atom stereocenters. The van der Waals surface area contributed by atoms with Crippen LogP contribution in [-0.2, 0) is 0 Å². The van der Waals surface area contributed by atoms with Crippen molar-refractivity contribution in [2.24, 2.45) is 0 Å². The van der Waals surface area contributed by atoms with Gasteiger partial charge in [0.1, 0.15) is 0 Å². The molecule has 0 radical (unpaired) electrons. The van der Waals surface area contributed by atoms with Gasteiger partial charge in [-0.1, -0.05) is 40.8 Å². The van der Waals surface area contributed by atoms with Crippen molar-refractivity contribution in [3.63, 3.8) is 0 Å². The zero-order chi connectivity index (χ0) is 10.7. The van der Waals surface area contributed by atoms with Crippen LogP contribution in [-0.4, -0.2) is 32.0 Å². The van der Waals surface area contributed by atoms with Gasteiger partial charge in [0.2, 0.25) is 0 Å². The summed E-state index contributed by atoms with van der Waals surface area (Å²) in [4.78, 5) is 0. The van der Waals surface area contributed by atoms with Gasteiger partial charge in [-0.2, -0.15) is 0 Å². The third kappa shape index (κ3) is 3.41. The zero-order valence-electron chi connectivity index (χ0n) is 9.94. The van der Waals surface area contributed by atoms with E-state index in [9.17, 15) is 5.11 Å². The molecule has 0 rings (SSSR count). The molecule has 0 aromatic carbocycles. The fourth-order valence-electron chi connectivity index (χ4n) is 1.04. The maximum atomic E-state index is 10.0. The molecular formula is C10H25NOSi. The van der Waals surface area contributed by atoms with Gasteiger partial charge in [-0.25, -0.2) is 0 Å². The second kappa shape index (κ2) is 4.58. The smallest absolute Gasteiger partial charge is 0.0881 e. The van der Waals surface area contributed by atoms with E-state index in [0.29, 0.717) is 0 Å². The van der Waals surface area contributed by atoms with Crippen molar-refractivity contribution in [3.05, 3.63) is 0 Å². The topological polar surface area (TPSA) is 32.3 Å². The minimum atomic E-state index is -1.55. The highest BCUT2D eigenvalue weighted by molar-refractivity contribution is 6.81. The molecule has 2 N–H and O–H groups in total. The van der Waals surface area contributed by atoms with Crippen LogP contribution in [0.25, 0.3) is 0 Å². The Labute approximate surface area is 83.7 Å². The second-order valence-corrected chi connectivity index (χ2v) is 10.9. The maximum absolute atomic E-state index is 10.0. The van der Waals surface area contributed by atoms with Crippen molar-refractivity contribution < 1.29 is 5.11 Å². The van der Waals surface area contributed by atoms with Gasteiger partial charge in [0.25, 0.3) is 0 Å². The summed E-state index contributed by atoms with van der Waals surface area (Å²) in [5.74, 6) is 0. The summed E-state index contributed by atoms with van der Waals surface area (Å²) in [5.41, 5.74) is -0.146. The van der Waals surface area contributed by atoms with Gasteiger partial charge in [-0.05, 0) is 11.6 Å². The first-order valence-electron chi connectivity index (χ1n) is 5.12. The number of aliphatic hydroxyl groups is 1. The average molecular weight is 203 g/mol. The average Bonchev–Trinajstić information content (AvgIpc) is 1.97. The molecule has 13 heavy (non-hydrogen) atoms. The predicted octanol–water partition coefficient (Wildman–Crippen LogP) is 2.00. The van der Waals surface area contributed by atoms with Gasteiger partial charge < -0.3 is 10.4 Å². The van der Waals surface area contributed by atoms with E-state index in [1.165, 1.54) is 0 Å². The fraction of sp³-hybridized carbons (Fsp3) is 1.00. The van der Waals surface area contributed by atoms with Crippen LogP contribution in [0.1, 0.15) is 27.7 Å². The number of hydrogen-bond acceptors (Lipinski definition) is 2. The van der Waals surface area contributed by atoms with E-state index < -0.39 is 8.07 Å². The van der Waals surface area contributed by atoms with E-state index in [0.717, 1.165) is 13.1 Å². The number of nitrogens with one attached hydrogen (secondary N) is 1. The van der Waals surface area contributed by atoms with Crippen molar-refractivity contribution in [2.45, 2.75) is 51.6 Å². The number of aliphatic hydroxyl groups excluding tert-OH is 1. The Bertz CT molecular complexity index is 151. The minimum absolute atomic E-state index is 0.146. The molecule has 3 heteroatoms. The van der Waals surface area contributed by atoms with Crippen molar-refractivity contribution in [2.75, 3.05) is 13.1 Å². The van der Waals surface area contributed by atoms with E-state index in [-0.39, 0.29) is 10.8 Å². The molecular weight excluding hydrogens is 178 g/mol. The lowest BCUT2D eigenvalue weighted by Crippen LogP contribution is -2.53. The van der Waals surface area contributed by atoms with Gasteiger partial charge in [-0.15, -0.1) is 0 Å². The van der Waals surface area contributed by atoms with Crippen LogP contribution >= 0.6 is 0 Å². The van der Waals surface area contributed by atoms with Gasteiger partial charge >= 0.3 is 0 Å². The lowest BCUT2D eigenvalue weighted by molar-refractivity contribution is 0.233. The Kier molecular flexibility index (Phi) is 4.62. The third-order valence-corrected chi connectivity index (χ3v) is 9.09. The fourth-order valence-corrected chi connectivity index (χ4v) is 2.69. The first-order valence-corrected chi connectivity index (χ1v) is 8.20. The quantitative estimate of drug-likeness (QED) is 0.685. The highest BCUT2D eigenvalue weighted by Gasteiger charge is 2.41. The summed E-state index contributed by atoms with van der Waals surface area (Å²) >= 11 is 0. The Balaban J connectivity index is 4.27. The van der Waals surface area contributed by atoms with Gasteiger partial charge in [0, 0.05) is 6.54 Å². The van der Waals surface area contributed by atoms with Crippen molar-refractivity contribution >= 4 is 8.07 Å². The molecule has 0 aromatic heterocycles. The summed E-state index contributed by atoms with van der Waals surface area (Å²) in [6, 6.07) is 0. The first kappa shape index (κ1) is 13.1. The molecule has 0 bridgehead atoms. The van der Waals surface area contributed by atoms with Gasteiger partial charge in [0.15, 0.2) is 0 Å². The number of rotatable bonds is 4. The largest absolute Gasteiger partial charge is 0.395 e. The van der Waals surface area contributed by atoms with Crippen LogP contribution < -0.4 is 5.32 Å². The standard InChI is InChI=1S/C10H25NOSi/c1-7-11-8-9(12)13(5,6)10(2,3)4/h9,11-12H,7-8H2,1-6H3. The number of hydrogen-bond donors (Lipinski definition) is 2. The Morgan fingerprint density at radius 3 is 2.08 bits per heavy atom. The molecule has 0 saturated carbocycles. The summed E-state index contributed by atoms with van der Waals surface area (Å²) in [5, 5.41) is 13.5. The van der Waals surface area contributed by atoms with E-state index in [1.807, 2.05) is 0 Å². The second-order valence-electron chi connectivity index (χ2n) is 5.30. The molecule has 2 nitrogen and oxygen atoms in total. The lowest BCUT2D eigenvalue weighted by atomic mass is 10.2. The van der Waals surface area contributed by atoms with Gasteiger partial charge in [-0.3, -0.25) is 0 Å². The van der Waals surface area contributed by atoms with Gasteiger partial charge in [0.05, 0.1) is 13.8 Å². The molecule has 0 aliphatic rings. The molecule has 0 fully saturated rings. The Morgan fingerprint density at radius 1 is 1.31 bits per heavy atom. The molecule has 80 valence electrons. The summed E-state index contributed by atoms with van der Waals surface area (Å²) in [7, 11) is -1.55. The van der Waals surface area contributed by atoms with Crippen LogP contribution in [0.5, 0.6) is 0 Å². The summed E-state index contributed by atoms with van der Waals surface area (Å²) < 4.78 is 0. The highest BCUT2D eigenvalue weighted by Crippen LogP contribution is 2.37. The first-order chi connectivity index (χ1) is 5.73. The highest BCUT2D eigenvalue weighted by atomic mass is 28.3. The van der Waals surface area contributed by atoms with Crippen LogP contribution in [0.3, 0.4) is 0 Å². The zero-order valence-corrected chi connectivity index (χ0v) is 10.9. The van der Waals surface area contributed by atoms with E-state index in [4.69, 9.17) is 0 Å².